The zero-order valence-electron chi connectivity index (χ0n) is 16.6. The molecule has 1 saturated heterocycles. The van der Waals surface area contributed by atoms with Crippen LogP contribution in [0.5, 0.6) is 0 Å². The number of nitrogens with zero attached hydrogens (tertiary/aromatic N) is 3. The molecule has 1 fully saturated rings. The summed E-state index contributed by atoms with van der Waals surface area (Å²) < 4.78 is 12.9. The van der Waals surface area contributed by atoms with Gasteiger partial charge in [0.05, 0.1) is 0 Å². The Morgan fingerprint density at radius 1 is 1.14 bits per heavy atom. The van der Waals surface area contributed by atoms with Crippen molar-refractivity contribution in [1.29, 1.82) is 0 Å². The van der Waals surface area contributed by atoms with E-state index >= 15 is 0 Å². The molecule has 1 heterocycles. The van der Waals surface area contributed by atoms with Crippen LogP contribution in [-0.4, -0.2) is 80.3 Å². The fraction of sp³-hybridized carbons (Fsp3) is 0.579. The summed E-state index contributed by atoms with van der Waals surface area (Å²) in [6.45, 7) is 7.71. The second-order valence-corrected chi connectivity index (χ2v) is 7.60. The van der Waals surface area contributed by atoms with E-state index in [1.54, 1.807) is 25.7 Å². The molecule has 1 aliphatic heterocycles. The third-order valence-electron chi connectivity index (χ3n) is 4.46. The normalized spacial score (nSPS) is 15.1. The number of aliphatic imine (C=N–C) groups is 1. The zero-order chi connectivity index (χ0) is 19.5. The third kappa shape index (κ3) is 9.42. The van der Waals surface area contributed by atoms with Gasteiger partial charge in [0.25, 0.3) is 0 Å². The monoisotopic (exact) mass is 523 g/mol. The lowest BCUT2D eigenvalue weighted by Gasteiger charge is -2.34. The Bertz CT molecular complexity index is 609. The van der Waals surface area contributed by atoms with Gasteiger partial charge in [-0.05, 0) is 36.4 Å². The lowest BCUT2D eigenvalue weighted by atomic mass is 10.3. The summed E-state index contributed by atoms with van der Waals surface area (Å²) in [4.78, 5) is 20.9. The molecular weight excluding hydrogens is 492 g/mol. The predicted molar refractivity (Wildman–Crippen MR) is 125 cm³/mol. The van der Waals surface area contributed by atoms with Gasteiger partial charge in [0, 0.05) is 64.7 Å². The molecule has 0 saturated carbocycles. The fourth-order valence-corrected chi connectivity index (χ4v) is 3.69. The molecule has 28 heavy (non-hydrogen) atoms. The molecular formula is C19H31FIN5OS. The van der Waals surface area contributed by atoms with Gasteiger partial charge in [0.2, 0.25) is 5.91 Å². The van der Waals surface area contributed by atoms with Crippen molar-refractivity contribution in [3.05, 3.63) is 30.1 Å². The number of amides is 1. The Morgan fingerprint density at radius 2 is 1.79 bits per heavy atom. The Hall–Kier alpha value is -1.07. The summed E-state index contributed by atoms with van der Waals surface area (Å²) in [6, 6.07) is 6.60. The summed E-state index contributed by atoms with van der Waals surface area (Å²) in [6.07, 6.45) is 0.996. The Balaban J connectivity index is 0.00000392. The zero-order valence-corrected chi connectivity index (χ0v) is 19.8. The molecule has 0 spiro atoms. The number of carbonyl (C=O) groups is 1. The minimum absolute atomic E-state index is 0. The van der Waals surface area contributed by atoms with Gasteiger partial charge >= 0.3 is 0 Å². The minimum atomic E-state index is -0.198. The van der Waals surface area contributed by atoms with E-state index in [9.17, 15) is 9.18 Å². The van der Waals surface area contributed by atoms with E-state index in [4.69, 9.17) is 0 Å². The molecule has 1 amide bonds. The Labute approximate surface area is 188 Å². The minimum Gasteiger partial charge on any atom is -0.356 e. The molecule has 1 aromatic carbocycles. The van der Waals surface area contributed by atoms with Gasteiger partial charge in [-0.1, -0.05) is 0 Å². The maximum Gasteiger partial charge on any atom is 0.219 e. The molecule has 2 rings (SSSR count). The SMILES string of the molecule is CN=C(NCCCSc1ccc(F)cc1)NCCN1CCN(C(C)=O)CC1.I. The molecule has 0 aliphatic carbocycles. The van der Waals surface area contributed by atoms with E-state index in [0.717, 1.165) is 68.8 Å². The molecule has 158 valence electrons. The maximum atomic E-state index is 12.9. The van der Waals surface area contributed by atoms with E-state index in [2.05, 4.69) is 20.5 Å². The van der Waals surface area contributed by atoms with Crippen molar-refractivity contribution in [2.75, 3.05) is 58.6 Å². The predicted octanol–water partition coefficient (Wildman–Crippen LogP) is 2.26. The molecule has 0 bridgehead atoms. The van der Waals surface area contributed by atoms with Crippen molar-refractivity contribution in [2.45, 2.75) is 18.2 Å². The van der Waals surface area contributed by atoms with Crippen molar-refractivity contribution >= 4 is 47.6 Å². The molecule has 1 aliphatic rings. The number of hydrogen-bond donors (Lipinski definition) is 2. The average molecular weight is 523 g/mol. The standard InChI is InChI=1S/C19H30FN5OS.HI/c1-16(26)25-13-11-24(12-14-25)10-9-23-19(21-2)22-8-3-15-27-18-6-4-17(20)5-7-18;/h4-7H,3,8-15H2,1-2H3,(H2,21,22,23);1H. The molecule has 0 atom stereocenters. The highest BCUT2D eigenvalue weighted by molar-refractivity contribution is 14.0. The maximum absolute atomic E-state index is 12.9. The van der Waals surface area contributed by atoms with Gasteiger partial charge in [-0.15, -0.1) is 35.7 Å². The van der Waals surface area contributed by atoms with E-state index in [1.807, 2.05) is 17.0 Å². The molecule has 0 aromatic heterocycles. The van der Waals surface area contributed by atoms with Crippen molar-refractivity contribution in [2.24, 2.45) is 4.99 Å². The number of benzene rings is 1. The van der Waals surface area contributed by atoms with Crippen LogP contribution in [-0.2, 0) is 4.79 Å². The summed E-state index contributed by atoms with van der Waals surface area (Å²) in [5, 5.41) is 6.65. The van der Waals surface area contributed by atoms with E-state index in [-0.39, 0.29) is 35.7 Å². The van der Waals surface area contributed by atoms with Crippen molar-refractivity contribution in [3.8, 4) is 0 Å². The number of guanidine groups is 1. The summed E-state index contributed by atoms with van der Waals surface area (Å²) in [7, 11) is 1.77. The first-order chi connectivity index (χ1) is 13.1. The van der Waals surface area contributed by atoms with Crippen LogP contribution in [0.1, 0.15) is 13.3 Å². The van der Waals surface area contributed by atoms with Crippen LogP contribution >= 0.6 is 35.7 Å². The molecule has 9 heteroatoms. The van der Waals surface area contributed by atoms with Gasteiger partial charge in [-0.2, -0.15) is 0 Å². The molecule has 6 nitrogen and oxygen atoms in total. The lowest BCUT2D eigenvalue weighted by Crippen LogP contribution is -2.50. The molecule has 0 radical (unpaired) electrons. The van der Waals surface area contributed by atoms with Crippen LogP contribution in [0.25, 0.3) is 0 Å². The number of piperazine rings is 1. The van der Waals surface area contributed by atoms with Crippen LogP contribution < -0.4 is 10.6 Å². The van der Waals surface area contributed by atoms with Gasteiger partial charge in [-0.25, -0.2) is 4.39 Å². The number of carbonyl (C=O) groups excluding carboxylic acids is 1. The van der Waals surface area contributed by atoms with Crippen LogP contribution in [0.4, 0.5) is 4.39 Å². The summed E-state index contributed by atoms with van der Waals surface area (Å²) in [5.74, 6) is 1.74. The smallest absolute Gasteiger partial charge is 0.219 e. The molecule has 1 aromatic rings. The van der Waals surface area contributed by atoms with E-state index in [1.165, 1.54) is 12.1 Å². The number of hydrogen-bond acceptors (Lipinski definition) is 4. The number of thioether (sulfide) groups is 1. The van der Waals surface area contributed by atoms with Crippen LogP contribution in [0, 0.1) is 5.82 Å². The van der Waals surface area contributed by atoms with Crippen molar-refractivity contribution in [3.63, 3.8) is 0 Å². The van der Waals surface area contributed by atoms with E-state index < -0.39 is 0 Å². The van der Waals surface area contributed by atoms with Gasteiger partial charge in [-0.3, -0.25) is 14.7 Å². The Morgan fingerprint density at radius 3 is 2.39 bits per heavy atom. The average Bonchev–Trinajstić information content (AvgIpc) is 2.68. The second kappa shape index (κ2) is 14.0. The summed E-state index contributed by atoms with van der Waals surface area (Å²) in [5.41, 5.74) is 0. The van der Waals surface area contributed by atoms with Gasteiger partial charge in [0.1, 0.15) is 5.82 Å². The molecule has 2 N–H and O–H groups in total. The topological polar surface area (TPSA) is 60.0 Å². The highest BCUT2D eigenvalue weighted by atomic mass is 127. The van der Waals surface area contributed by atoms with E-state index in [0.29, 0.717) is 0 Å². The summed E-state index contributed by atoms with van der Waals surface area (Å²) >= 11 is 1.73. The highest BCUT2D eigenvalue weighted by Gasteiger charge is 2.17. The second-order valence-electron chi connectivity index (χ2n) is 6.43. The fourth-order valence-electron chi connectivity index (χ4n) is 2.84. The Kier molecular flexibility index (Phi) is 12.5. The van der Waals surface area contributed by atoms with Gasteiger partial charge in [0.15, 0.2) is 5.96 Å². The van der Waals surface area contributed by atoms with Crippen LogP contribution in [0.15, 0.2) is 34.2 Å². The van der Waals surface area contributed by atoms with Crippen LogP contribution in [0.2, 0.25) is 0 Å². The molecule has 0 unspecified atom stereocenters. The van der Waals surface area contributed by atoms with Gasteiger partial charge < -0.3 is 15.5 Å². The first-order valence-corrected chi connectivity index (χ1v) is 10.4. The third-order valence-corrected chi connectivity index (χ3v) is 5.56. The van der Waals surface area contributed by atoms with Crippen LogP contribution in [0.3, 0.4) is 0 Å². The first-order valence-electron chi connectivity index (χ1n) is 9.39. The number of halogens is 2. The number of nitrogens with one attached hydrogen (secondary N) is 2. The largest absolute Gasteiger partial charge is 0.356 e. The van der Waals surface area contributed by atoms with Crippen molar-refractivity contribution < 1.29 is 9.18 Å². The lowest BCUT2D eigenvalue weighted by molar-refractivity contribution is -0.130. The highest BCUT2D eigenvalue weighted by Crippen LogP contribution is 2.18. The quantitative estimate of drug-likeness (QED) is 0.180. The van der Waals surface area contributed by atoms with Crippen molar-refractivity contribution in [1.82, 2.24) is 20.4 Å². The number of rotatable bonds is 8. The first kappa shape index (κ1) is 25.0.